The zero-order chi connectivity index (χ0) is 11.8. The molecule has 0 fully saturated rings. The highest BCUT2D eigenvalue weighted by molar-refractivity contribution is 5.57. The van der Waals surface area contributed by atoms with Gasteiger partial charge in [0.05, 0.1) is 5.56 Å². The zero-order valence-electron chi connectivity index (χ0n) is 9.06. The summed E-state index contributed by atoms with van der Waals surface area (Å²) in [5.41, 5.74) is 1.09. The summed E-state index contributed by atoms with van der Waals surface area (Å²) in [6.07, 6.45) is -2.29. The summed E-state index contributed by atoms with van der Waals surface area (Å²) >= 11 is 0. The summed E-state index contributed by atoms with van der Waals surface area (Å²) in [7, 11) is 0. The highest BCUT2D eigenvalue weighted by Crippen LogP contribution is 2.38. The Morgan fingerprint density at radius 2 is 2.12 bits per heavy atom. The molecule has 0 aromatic heterocycles. The maximum atomic E-state index is 12.5. The van der Waals surface area contributed by atoms with Gasteiger partial charge >= 0.3 is 6.18 Å². The van der Waals surface area contributed by atoms with Crippen molar-refractivity contribution in [2.45, 2.75) is 31.9 Å². The Kier molecular flexibility index (Phi) is 2.82. The maximum Gasteiger partial charge on any atom is 0.416 e. The average molecular weight is 229 g/mol. The Morgan fingerprint density at radius 3 is 2.75 bits per heavy atom. The molecule has 0 bridgehead atoms. The Bertz CT molecular complexity index is 384. The van der Waals surface area contributed by atoms with Gasteiger partial charge in [-0.05, 0) is 36.5 Å². The second-order valence-corrected chi connectivity index (χ2v) is 4.12. The number of benzene rings is 1. The third-order valence-electron chi connectivity index (χ3n) is 3.12. The van der Waals surface area contributed by atoms with E-state index in [0.29, 0.717) is 11.6 Å². The van der Waals surface area contributed by atoms with Gasteiger partial charge in [0.15, 0.2) is 0 Å². The van der Waals surface area contributed by atoms with Crippen molar-refractivity contribution in [3.05, 3.63) is 29.3 Å². The Labute approximate surface area is 92.7 Å². The third kappa shape index (κ3) is 2.01. The minimum absolute atomic E-state index is 0.388. The van der Waals surface area contributed by atoms with Crippen LogP contribution < -0.4 is 5.32 Å². The number of rotatable bonds is 1. The van der Waals surface area contributed by atoms with Gasteiger partial charge in [0.25, 0.3) is 0 Å². The molecule has 2 rings (SSSR count). The van der Waals surface area contributed by atoms with Crippen molar-refractivity contribution in [2.24, 2.45) is 0 Å². The summed E-state index contributed by atoms with van der Waals surface area (Å²) in [6.45, 7) is 2.82. The molecular weight excluding hydrogens is 215 g/mol. The van der Waals surface area contributed by atoms with Crippen molar-refractivity contribution >= 4 is 5.69 Å². The molecule has 1 N–H and O–H groups in total. The van der Waals surface area contributed by atoms with Crippen LogP contribution in [0.25, 0.3) is 0 Å². The number of alkyl halides is 3. The van der Waals surface area contributed by atoms with Gasteiger partial charge in [-0.3, -0.25) is 0 Å². The predicted octanol–water partition coefficient (Wildman–Crippen LogP) is 4.01. The summed E-state index contributed by atoms with van der Waals surface area (Å²) in [6, 6.07) is 4.00. The smallest absolute Gasteiger partial charge is 0.385 e. The van der Waals surface area contributed by atoms with Crippen molar-refractivity contribution < 1.29 is 13.2 Å². The molecule has 1 aliphatic rings. The van der Waals surface area contributed by atoms with Crippen molar-refractivity contribution in [3.63, 3.8) is 0 Å². The quantitative estimate of drug-likeness (QED) is 0.767. The first-order valence-electron chi connectivity index (χ1n) is 5.47. The molecule has 4 heteroatoms. The summed E-state index contributed by atoms with van der Waals surface area (Å²) in [5.74, 6) is 0.388. The van der Waals surface area contributed by atoms with E-state index in [0.717, 1.165) is 24.9 Å². The van der Waals surface area contributed by atoms with E-state index in [-0.39, 0.29) is 0 Å². The summed E-state index contributed by atoms with van der Waals surface area (Å²) in [5, 5.41) is 3.04. The fourth-order valence-electron chi connectivity index (χ4n) is 2.20. The molecule has 88 valence electrons. The second-order valence-electron chi connectivity index (χ2n) is 4.12. The van der Waals surface area contributed by atoms with Crippen molar-refractivity contribution in [1.29, 1.82) is 0 Å². The number of hydrogen-bond acceptors (Lipinski definition) is 1. The molecule has 0 radical (unpaired) electrons. The van der Waals surface area contributed by atoms with Gasteiger partial charge in [0, 0.05) is 12.2 Å². The molecule has 0 amide bonds. The van der Waals surface area contributed by atoms with Crippen LogP contribution in [0.4, 0.5) is 18.9 Å². The molecule has 1 aliphatic heterocycles. The molecule has 1 aromatic rings. The number of fused-ring (bicyclic) bond motifs is 1. The van der Waals surface area contributed by atoms with Crippen LogP contribution in [0.1, 0.15) is 36.8 Å². The lowest BCUT2D eigenvalue weighted by Gasteiger charge is -2.26. The van der Waals surface area contributed by atoms with Gasteiger partial charge in [-0.25, -0.2) is 0 Å². The largest absolute Gasteiger partial charge is 0.416 e. The molecule has 0 saturated heterocycles. The first-order chi connectivity index (χ1) is 7.52. The van der Waals surface area contributed by atoms with Crippen LogP contribution in [-0.4, -0.2) is 6.54 Å². The fraction of sp³-hybridized carbons (Fsp3) is 0.500. The van der Waals surface area contributed by atoms with Gasteiger partial charge in [-0.1, -0.05) is 13.0 Å². The normalized spacial score (nSPS) is 20.1. The molecule has 0 saturated carbocycles. The molecule has 1 aromatic carbocycles. The molecule has 16 heavy (non-hydrogen) atoms. The predicted molar refractivity (Wildman–Crippen MR) is 57.6 cm³/mol. The van der Waals surface area contributed by atoms with E-state index >= 15 is 0 Å². The van der Waals surface area contributed by atoms with Crippen molar-refractivity contribution in [3.8, 4) is 0 Å². The number of anilines is 1. The highest BCUT2D eigenvalue weighted by atomic mass is 19.4. The fourth-order valence-corrected chi connectivity index (χ4v) is 2.20. The van der Waals surface area contributed by atoms with Gasteiger partial charge in [0.2, 0.25) is 0 Å². The number of hydrogen-bond donors (Lipinski definition) is 1. The monoisotopic (exact) mass is 229 g/mol. The molecular formula is C12H14F3N. The third-order valence-corrected chi connectivity index (χ3v) is 3.12. The Morgan fingerprint density at radius 1 is 1.38 bits per heavy atom. The lowest BCUT2D eigenvalue weighted by molar-refractivity contribution is -0.137. The zero-order valence-corrected chi connectivity index (χ0v) is 9.06. The Balaban J connectivity index is 2.39. The van der Waals surface area contributed by atoms with E-state index in [1.165, 1.54) is 12.1 Å². The van der Waals surface area contributed by atoms with E-state index in [1.54, 1.807) is 6.07 Å². The topological polar surface area (TPSA) is 12.0 Å². The molecule has 1 atom stereocenters. The van der Waals surface area contributed by atoms with Crippen LogP contribution >= 0.6 is 0 Å². The maximum absolute atomic E-state index is 12.5. The van der Waals surface area contributed by atoms with Crippen LogP contribution in [0.2, 0.25) is 0 Å². The van der Waals surface area contributed by atoms with Crippen LogP contribution in [0, 0.1) is 0 Å². The SMILES string of the molecule is CCC1CCNc2cc(C(F)(F)F)ccc21. The van der Waals surface area contributed by atoms with Crippen molar-refractivity contribution in [1.82, 2.24) is 0 Å². The second kappa shape index (κ2) is 4.00. The van der Waals surface area contributed by atoms with E-state index < -0.39 is 11.7 Å². The molecule has 1 unspecified atom stereocenters. The lowest BCUT2D eigenvalue weighted by atomic mass is 9.88. The van der Waals surface area contributed by atoms with Crippen LogP contribution in [0.5, 0.6) is 0 Å². The van der Waals surface area contributed by atoms with Crippen LogP contribution in [0.3, 0.4) is 0 Å². The molecule has 1 nitrogen and oxygen atoms in total. The van der Waals surface area contributed by atoms with Gasteiger partial charge < -0.3 is 5.32 Å². The van der Waals surface area contributed by atoms with E-state index in [2.05, 4.69) is 12.2 Å². The van der Waals surface area contributed by atoms with Crippen molar-refractivity contribution in [2.75, 3.05) is 11.9 Å². The average Bonchev–Trinajstić information content (AvgIpc) is 2.26. The molecule has 0 spiro atoms. The van der Waals surface area contributed by atoms with E-state index in [4.69, 9.17) is 0 Å². The van der Waals surface area contributed by atoms with Gasteiger partial charge in [-0.15, -0.1) is 0 Å². The lowest BCUT2D eigenvalue weighted by Crippen LogP contribution is -2.17. The minimum atomic E-state index is -4.25. The Hall–Kier alpha value is -1.19. The standard InChI is InChI=1S/C12H14F3N/c1-2-8-5-6-16-11-7-9(12(13,14)15)3-4-10(8)11/h3-4,7-8,16H,2,5-6H2,1H3. The highest BCUT2D eigenvalue weighted by Gasteiger charge is 2.32. The van der Waals surface area contributed by atoms with Gasteiger partial charge in [0.1, 0.15) is 0 Å². The summed E-state index contributed by atoms with van der Waals surface area (Å²) < 4.78 is 37.5. The summed E-state index contributed by atoms with van der Waals surface area (Å²) in [4.78, 5) is 0. The van der Waals surface area contributed by atoms with Crippen LogP contribution in [0.15, 0.2) is 18.2 Å². The van der Waals surface area contributed by atoms with E-state index in [1.807, 2.05) is 0 Å². The van der Waals surface area contributed by atoms with Gasteiger partial charge in [-0.2, -0.15) is 13.2 Å². The number of halogens is 3. The molecule has 0 aliphatic carbocycles. The van der Waals surface area contributed by atoms with Crippen LogP contribution in [-0.2, 0) is 6.18 Å². The number of nitrogens with one attached hydrogen (secondary N) is 1. The first-order valence-corrected chi connectivity index (χ1v) is 5.47. The first kappa shape index (κ1) is 11.3. The molecule has 1 heterocycles. The minimum Gasteiger partial charge on any atom is -0.385 e. The van der Waals surface area contributed by atoms with E-state index in [9.17, 15) is 13.2 Å².